The number of nitrogens with one attached hydrogen (secondary N) is 2. The molecule has 1 aromatic heterocycles. The van der Waals surface area contributed by atoms with Crippen molar-refractivity contribution >= 4 is 17.5 Å². The SMILES string of the molecule is COc1ccccc1CNc1cnnc(Nc2ccc(C(F)(F)F)cc2)n1. The standard InChI is InChI=1S/C18H16F3N5O/c1-27-15-5-3-2-4-12(15)10-22-16-11-23-26-17(25-16)24-14-8-6-13(7-9-14)18(19,20)21/h2-9,11H,10H2,1H3,(H2,22,24,25,26). The molecular formula is C18H16F3N5O. The lowest BCUT2D eigenvalue weighted by atomic mass is 10.2. The van der Waals surface area contributed by atoms with Crippen molar-refractivity contribution in [2.24, 2.45) is 0 Å². The summed E-state index contributed by atoms with van der Waals surface area (Å²) >= 11 is 0. The molecule has 0 atom stereocenters. The molecule has 140 valence electrons. The van der Waals surface area contributed by atoms with Crippen molar-refractivity contribution in [3.05, 3.63) is 65.9 Å². The third-order valence-electron chi connectivity index (χ3n) is 3.68. The third kappa shape index (κ3) is 4.84. The average molecular weight is 375 g/mol. The van der Waals surface area contributed by atoms with Crippen molar-refractivity contribution in [3.8, 4) is 5.75 Å². The molecule has 3 rings (SSSR count). The lowest BCUT2D eigenvalue weighted by Crippen LogP contribution is -2.07. The Hall–Kier alpha value is -3.36. The predicted molar refractivity (Wildman–Crippen MR) is 94.9 cm³/mol. The first-order valence-electron chi connectivity index (χ1n) is 7.95. The monoisotopic (exact) mass is 375 g/mol. The minimum absolute atomic E-state index is 0.166. The van der Waals surface area contributed by atoms with Crippen LogP contribution < -0.4 is 15.4 Å². The quantitative estimate of drug-likeness (QED) is 0.671. The van der Waals surface area contributed by atoms with Gasteiger partial charge in [0.05, 0.1) is 18.9 Å². The van der Waals surface area contributed by atoms with Gasteiger partial charge >= 0.3 is 6.18 Å². The Balaban J connectivity index is 1.67. The first kappa shape index (κ1) is 18.4. The maximum atomic E-state index is 12.6. The zero-order chi connectivity index (χ0) is 19.3. The van der Waals surface area contributed by atoms with Gasteiger partial charge in [0.1, 0.15) is 5.75 Å². The third-order valence-corrected chi connectivity index (χ3v) is 3.68. The molecule has 2 N–H and O–H groups in total. The molecule has 0 fully saturated rings. The van der Waals surface area contributed by atoms with Gasteiger partial charge in [-0.2, -0.15) is 23.3 Å². The van der Waals surface area contributed by atoms with Crippen LogP contribution in [0.2, 0.25) is 0 Å². The van der Waals surface area contributed by atoms with Gasteiger partial charge in [0.2, 0.25) is 5.95 Å². The van der Waals surface area contributed by atoms with Crippen molar-refractivity contribution in [3.63, 3.8) is 0 Å². The van der Waals surface area contributed by atoms with Crippen LogP contribution in [0, 0.1) is 0 Å². The molecule has 3 aromatic rings. The first-order chi connectivity index (χ1) is 13.0. The molecule has 0 saturated carbocycles. The number of halogens is 3. The molecule has 9 heteroatoms. The molecule has 6 nitrogen and oxygen atoms in total. The highest BCUT2D eigenvalue weighted by atomic mass is 19.4. The van der Waals surface area contributed by atoms with Gasteiger partial charge < -0.3 is 15.4 Å². The number of hydrogen-bond acceptors (Lipinski definition) is 6. The molecule has 0 aliphatic rings. The average Bonchev–Trinajstić information content (AvgIpc) is 2.66. The van der Waals surface area contributed by atoms with E-state index in [2.05, 4.69) is 25.8 Å². The van der Waals surface area contributed by atoms with E-state index in [0.29, 0.717) is 18.1 Å². The Morgan fingerprint density at radius 3 is 2.48 bits per heavy atom. The molecule has 2 aromatic carbocycles. The van der Waals surface area contributed by atoms with E-state index in [9.17, 15) is 13.2 Å². The molecule has 0 radical (unpaired) electrons. The molecular weight excluding hydrogens is 359 g/mol. The summed E-state index contributed by atoms with van der Waals surface area (Å²) in [6, 6.07) is 12.1. The highest BCUT2D eigenvalue weighted by Crippen LogP contribution is 2.30. The largest absolute Gasteiger partial charge is 0.496 e. The number of hydrogen-bond donors (Lipinski definition) is 2. The van der Waals surface area contributed by atoms with Crippen LogP contribution in [0.15, 0.2) is 54.7 Å². The van der Waals surface area contributed by atoms with Crippen molar-refractivity contribution in [2.75, 3.05) is 17.7 Å². The molecule has 0 aliphatic carbocycles. The fourth-order valence-corrected chi connectivity index (χ4v) is 2.35. The number of nitrogens with zero attached hydrogens (tertiary/aromatic N) is 3. The number of anilines is 3. The number of para-hydroxylation sites is 1. The van der Waals surface area contributed by atoms with Gasteiger partial charge in [-0.1, -0.05) is 18.2 Å². The highest BCUT2D eigenvalue weighted by Gasteiger charge is 2.29. The minimum Gasteiger partial charge on any atom is -0.496 e. The van der Waals surface area contributed by atoms with Gasteiger partial charge in [-0.15, -0.1) is 5.10 Å². The van der Waals surface area contributed by atoms with Crippen molar-refractivity contribution in [1.29, 1.82) is 0 Å². The number of benzene rings is 2. The van der Waals surface area contributed by atoms with Crippen LogP contribution in [0.3, 0.4) is 0 Å². The fraction of sp³-hybridized carbons (Fsp3) is 0.167. The molecule has 27 heavy (non-hydrogen) atoms. The second kappa shape index (κ2) is 7.90. The van der Waals surface area contributed by atoms with Gasteiger partial charge in [-0.05, 0) is 30.3 Å². The first-order valence-corrected chi connectivity index (χ1v) is 7.95. The zero-order valence-electron chi connectivity index (χ0n) is 14.3. The van der Waals surface area contributed by atoms with E-state index in [0.717, 1.165) is 23.4 Å². The Kier molecular flexibility index (Phi) is 5.39. The van der Waals surface area contributed by atoms with Crippen LogP contribution in [0.1, 0.15) is 11.1 Å². The highest BCUT2D eigenvalue weighted by molar-refractivity contribution is 5.54. The predicted octanol–water partition coefficient (Wildman–Crippen LogP) is 4.25. The van der Waals surface area contributed by atoms with E-state index in [-0.39, 0.29) is 5.95 Å². The normalized spacial score (nSPS) is 11.1. The Morgan fingerprint density at radius 2 is 1.78 bits per heavy atom. The molecule has 0 unspecified atom stereocenters. The Morgan fingerprint density at radius 1 is 1.04 bits per heavy atom. The number of alkyl halides is 3. The fourth-order valence-electron chi connectivity index (χ4n) is 2.35. The van der Waals surface area contributed by atoms with Crippen molar-refractivity contribution < 1.29 is 17.9 Å². The van der Waals surface area contributed by atoms with Crippen LogP contribution in [-0.4, -0.2) is 22.3 Å². The lowest BCUT2D eigenvalue weighted by molar-refractivity contribution is -0.137. The maximum Gasteiger partial charge on any atom is 0.416 e. The molecule has 0 spiro atoms. The van der Waals surface area contributed by atoms with E-state index in [1.807, 2.05) is 24.3 Å². The summed E-state index contributed by atoms with van der Waals surface area (Å²) in [4.78, 5) is 4.25. The summed E-state index contributed by atoms with van der Waals surface area (Å²) in [6.45, 7) is 0.461. The summed E-state index contributed by atoms with van der Waals surface area (Å²) in [5.74, 6) is 1.38. The topological polar surface area (TPSA) is 72.0 Å². The van der Waals surface area contributed by atoms with Crippen LogP contribution in [-0.2, 0) is 12.7 Å². The van der Waals surface area contributed by atoms with Crippen LogP contribution in [0.5, 0.6) is 5.75 Å². The minimum atomic E-state index is -4.38. The Bertz CT molecular complexity index is 900. The number of methoxy groups -OCH3 is 1. The van der Waals surface area contributed by atoms with Gasteiger partial charge in [-0.3, -0.25) is 0 Å². The lowest BCUT2D eigenvalue weighted by Gasteiger charge is -2.11. The van der Waals surface area contributed by atoms with Gasteiger partial charge in [-0.25, -0.2) is 0 Å². The van der Waals surface area contributed by atoms with Gasteiger partial charge in [0.15, 0.2) is 5.82 Å². The number of aromatic nitrogens is 3. The van der Waals surface area contributed by atoms with E-state index < -0.39 is 11.7 Å². The van der Waals surface area contributed by atoms with Crippen molar-refractivity contribution in [1.82, 2.24) is 15.2 Å². The summed E-state index contributed by atoms with van der Waals surface area (Å²) in [5, 5.41) is 13.6. The summed E-state index contributed by atoms with van der Waals surface area (Å²) in [5.41, 5.74) is 0.641. The zero-order valence-corrected chi connectivity index (χ0v) is 14.3. The van der Waals surface area contributed by atoms with Crippen LogP contribution >= 0.6 is 0 Å². The molecule has 0 amide bonds. The second-order valence-electron chi connectivity index (χ2n) is 5.53. The maximum absolute atomic E-state index is 12.6. The van der Waals surface area contributed by atoms with E-state index in [4.69, 9.17) is 4.74 Å². The summed E-state index contributed by atoms with van der Waals surface area (Å²) in [6.07, 6.45) is -2.92. The molecule has 0 saturated heterocycles. The Labute approximate surface area is 153 Å². The second-order valence-corrected chi connectivity index (χ2v) is 5.53. The summed E-state index contributed by atoms with van der Waals surface area (Å²) in [7, 11) is 1.59. The molecule has 0 aliphatic heterocycles. The summed E-state index contributed by atoms with van der Waals surface area (Å²) < 4.78 is 43.1. The van der Waals surface area contributed by atoms with E-state index in [1.54, 1.807) is 7.11 Å². The van der Waals surface area contributed by atoms with Crippen molar-refractivity contribution in [2.45, 2.75) is 12.7 Å². The van der Waals surface area contributed by atoms with Crippen LogP contribution in [0.25, 0.3) is 0 Å². The van der Waals surface area contributed by atoms with Gasteiger partial charge in [0.25, 0.3) is 0 Å². The number of rotatable bonds is 6. The smallest absolute Gasteiger partial charge is 0.416 e. The van der Waals surface area contributed by atoms with E-state index >= 15 is 0 Å². The van der Waals surface area contributed by atoms with Gasteiger partial charge in [0, 0.05) is 17.8 Å². The molecule has 1 heterocycles. The molecule has 0 bridgehead atoms. The van der Waals surface area contributed by atoms with Crippen LogP contribution in [0.4, 0.5) is 30.6 Å². The number of ether oxygens (including phenoxy) is 1. The van der Waals surface area contributed by atoms with E-state index in [1.165, 1.54) is 18.3 Å².